The molecule has 4 heteroatoms. The van der Waals surface area contributed by atoms with Crippen LogP contribution in [0.1, 0.15) is 47.5 Å². The molecule has 17 heavy (non-hydrogen) atoms. The highest BCUT2D eigenvalue weighted by Crippen LogP contribution is 2.34. The van der Waals surface area contributed by atoms with Crippen molar-refractivity contribution in [2.45, 2.75) is 47.5 Å². The van der Waals surface area contributed by atoms with E-state index in [2.05, 4.69) is 20.8 Å². The molecule has 1 aliphatic heterocycles. The van der Waals surface area contributed by atoms with Gasteiger partial charge in [-0.15, -0.1) is 0 Å². The van der Waals surface area contributed by atoms with Crippen molar-refractivity contribution in [3.05, 3.63) is 0 Å². The van der Waals surface area contributed by atoms with E-state index in [0.29, 0.717) is 24.4 Å². The van der Waals surface area contributed by atoms with Crippen molar-refractivity contribution in [2.24, 2.45) is 17.3 Å². The Morgan fingerprint density at radius 1 is 1.18 bits per heavy atom. The second-order valence-corrected chi connectivity index (χ2v) is 8.73. The summed E-state index contributed by atoms with van der Waals surface area (Å²) in [4.78, 5) is 0. The van der Waals surface area contributed by atoms with Gasteiger partial charge in [0.25, 0.3) is 0 Å². The van der Waals surface area contributed by atoms with Crippen molar-refractivity contribution in [3.8, 4) is 0 Å². The Labute approximate surface area is 107 Å². The smallest absolute Gasteiger partial charge is 0.212 e. The first-order valence-electron chi connectivity index (χ1n) is 6.61. The molecule has 102 valence electrons. The van der Waals surface area contributed by atoms with Crippen LogP contribution in [0.5, 0.6) is 0 Å². The van der Waals surface area contributed by atoms with Gasteiger partial charge in [-0.25, -0.2) is 12.7 Å². The van der Waals surface area contributed by atoms with E-state index in [-0.39, 0.29) is 11.7 Å². The zero-order valence-electron chi connectivity index (χ0n) is 11.9. The van der Waals surface area contributed by atoms with Gasteiger partial charge in [-0.2, -0.15) is 0 Å². The second-order valence-electron chi connectivity index (χ2n) is 6.71. The molecule has 0 unspecified atom stereocenters. The van der Waals surface area contributed by atoms with Crippen molar-refractivity contribution in [2.75, 3.05) is 18.8 Å². The minimum Gasteiger partial charge on any atom is -0.212 e. The summed E-state index contributed by atoms with van der Waals surface area (Å²) >= 11 is 0. The summed E-state index contributed by atoms with van der Waals surface area (Å²) in [5.41, 5.74) is 0.300. The van der Waals surface area contributed by atoms with Crippen molar-refractivity contribution < 1.29 is 8.42 Å². The first-order chi connectivity index (χ1) is 7.63. The molecular weight excluding hydrogens is 234 g/mol. The van der Waals surface area contributed by atoms with Gasteiger partial charge >= 0.3 is 0 Å². The first kappa shape index (κ1) is 15.0. The van der Waals surface area contributed by atoms with Gasteiger partial charge in [0.05, 0.1) is 5.75 Å². The summed E-state index contributed by atoms with van der Waals surface area (Å²) in [7, 11) is -3.02. The summed E-state index contributed by atoms with van der Waals surface area (Å²) < 4.78 is 25.8. The molecule has 0 saturated carbocycles. The first-order valence-corrected chi connectivity index (χ1v) is 8.21. The molecule has 3 nitrogen and oxygen atoms in total. The van der Waals surface area contributed by atoms with E-state index < -0.39 is 10.0 Å². The van der Waals surface area contributed by atoms with E-state index in [1.165, 1.54) is 0 Å². The lowest BCUT2D eigenvalue weighted by atomic mass is 9.76. The molecule has 0 atom stereocenters. The number of sulfonamides is 1. The van der Waals surface area contributed by atoms with Gasteiger partial charge in [-0.05, 0) is 30.1 Å². The van der Waals surface area contributed by atoms with Crippen molar-refractivity contribution in [1.29, 1.82) is 0 Å². The molecule has 1 fully saturated rings. The molecule has 1 heterocycles. The fraction of sp³-hybridized carbons (Fsp3) is 1.00. The van der Waals surface area contributed by atoms with Crippen LogP contribution in [0.2, 0.25) is 0 Å². The molecule has 0 N–H and O–H groups in total. The highest BCUT2D eigenvalue weighted by molar-refractivity contribution is 7.89. The van der Waals surface area contributed by atoms with Crippen LogP contribution in [0, 0.1) is 17.3 Å². The summed E-state index contributed by atoms with van der Waals surface area (Å²) in [5.74, 6) is 1.14. The lowest BCUT2D eigenvalue weighted by Crippen LogP contribution is -2.42. The maximum Gasteiger partial charge on any atom is 0.214 e. The minimum atomic E-state index is -3.02. The topological polar surface area (TPSA) is 37.4 Å². The Morgan fingerprint density at radius 2 is 1.65 bits per heavy atom. The molecular formula is C13H27NO2S. The quantitative estimate of drug-likeness (QED) is 0.783. The van der Waals surface area contributed by atoms with Gasteiger partial charge in [0.1, 0.15) is 0 Å². The lowest BCUT2D eigenvalue weighted by molar-refractivity contribution is 0.154. The highest BCUT2D eigenvalue weighted by Gasteiger charge is 2.33. The Kier molecular flexibility index (Phi) is 4.64. The summed E-state index contributed by atoms with van der Waals surface area (Å²) in [6, 6.07) is 0. The SMILES string of the molecule is CC(C)CS(=O)(=O)N1CCC(C(C)(C)C)CC1. The lowest BCUT2D eigenvalue weighted by Gasteiger charge is -2.38. The molecule has 0 bridgehead atoms. The van der Waals surface area contributed by atoms with E-state index in [1.54, 1.807) is 4.31 Å². The standard InChI is InChI=1S/C13H27NO2S/c1-11(2)10-17(15,16)14-8-6-12(7-9-14)13(3,4)5/h11-12H,6-10H2,1-5H3. The molecule has 0 amide bonds. The number of rotatable bonds is 3. The predicted molar refractivity (Wildman–Crippen MR) is 72.4 cm³/mol. The summed E-state index contributed by atoms with van der Waals surface area (Å²) in [6.07, 6.45) is 2.00. The zero-order valence-corrected chi connectivity index (χ0v) is 12.7. The number of hydrogen-bond donors (Lipinski definition) is 0. The van der Waals surface area contributed by atoms with Gasteiger partial charge in [0.15, 0.2) is 0 Å². The number of hydrogen-bond acceptors (Lipinski definition) is 2. The fourth-order valence-electron chi connectivity index (χ4n) is 2.53. The van der Waals surface area contributed by atoms with E-state index >= 15 is 0 Å². The van der Waals surface area contributed by atoms with Crippen LogP contribution >= 0.6 is 0 Å². The second kappa shape index (κ2) is 5.27. The van der Waals surface area contributed by atoms with Crippen LogP contribution in [0.25, 0.3) is 0 Å². The normalized spacial score (nSPS) is 21.1. The van der Waals surface area contributed by atoms with Crippen LogP contribution in [0.4, 0.5) is 0 Å². The van der Waals surface area contributed by atoms with E-state index in [4.69, 9.17) is 0 Å². The fourth-order valence-corrected chi connectivity index (χ4v) is 4.35. The summed E-state index contributed by atoms with van der Waals surface area (Å²) in [5, 5.41) is 0. The van der Waals surface area contributed by atoms with E-state index in [0.717, 1.165) is 12.8 Å². The molecule has 1 aliphatic rings. The van der Waals surface area contributed by atoms with E-state index in [1.807, 2.05) is 13.8 Å². The van der Waals surface area contributed by atoms with E-state index in [9.17, 15) is 8.42 Å². The maximum atomic E-state index is 12.1. The van der Waals surface area contributed by atoms with Crippen molar-refractivity contribution in [1.82, 2.24) is 4.31 Å². The van der Waals surface area contributed by atoms with Gasteiger partial charge in [0, 0.05) is 13.1 Å². The third-order valence-corrected chi connectivity index (χ3v) is 5.86. The average molecular weight is 261 g/mol. The average Bonchev–Trinajstić information content (AvgIpc) is 2.14. The number of piperidine rings is 1. The van der Waals surface area contributed by atoms with Gasteiger partial charge in [-0.3, -0.25) is 0 Å². The van der Waals surface area contributed by atoms with Crippen LogP contribution in [-0.4, -0.2) is 31.6 Å². The third kappa shape index (κ3) is 4.25. The molecule has 0 aliphatic carbocycles. The molecule has 0 aromatic carbocycles. The Morgan fingerprint density at radius 3 is 2.00 bits per heavy atom. The van der Waals surface area contributed by atoms with Crippen LogP contribution in [0.3, 0.4) is 0 Å². The summed E-state index contributed by atoms with van der Waals surface area (Å²) in [6.45, 7) is 12.1. The van der Waals surface area contributed by atoms with Crippen LogP contribution in [0.15, 0.2) is 0 Å². The molecule has 0 aromatic rings. The van der Waals surface area contributed by atoms with Crippen molar-refractivity contribution in [3.63, 3.8) is 0 Å². The highest BCUT2D eigenvalue weighted by atomic mass is 32.2. The monoisotopic (exact) mass is 261 g/mol. The maximum absolute atomic E-state index is 12.1. The van der Waals surface area contributed by atoms with Crippen molar-refractivity contribution >= 4 is 10.0 Å². The molecule has 1 rings (SSSR count). The number of nitrogens with zero attached hydrogens (tertiary/aromatic N) is 1. The van der Waals surface area contributed by atoms with Gasteiger partial charge in [-0.1, -0.05) is 34.6 Å². The van der Waals surface area contributed by atoms with Gasteiger partial charge in [0.2, 0.25) is 10.0 Å². The van der Waals surface area contributed by atoms with Gasteiger partial charge < -0.3 is 0 Å². The predicted octanol–water partition coefficient (Wildman–Crippen LogP) is 2.73. The third-order valence-electron chi connectivity index (χ3n) is 3.62. The molecule has 0 radical (unpaired) electrons. The van der Waals surface area contributed by atoms with Crippen LogP contribution in [-0.2, 0) is 10.0 Å². The molecule has 1 saturated heterocycles. The largest absolute Gasteiger partial charge is 0.214 e. The minimum absolute atomic E-state index is 0.209. The Hall–Kier alpha value is -0.0900. The Balaban J connectivity index is 2.58. The Bertz CT molecular complexity index is 333. The molecule has 0 aromatic heterocycles. The van der Waals surface area contributed by atoms with Crippen LogP contribution < -0.4 is 0 Å². The molecule has 0 spiro atoms. The zero-order chi connectivity index (χ0) is 13.3.